The fourth-order valence-corrected chi connectivity index (χ4v) is 1.93. The number of rotatable bonds is 7. The molecule has 1 aromatic rings. The lowest BCUT2D eigenvalue weighted by Gasteiger charge is -2.14. The molecule has 2 heteroatoms. The Balaban J connectivity index is 2.36. The van der Waals surface area contributed by atoms with Crippen LogP contribution in [0.1, 0.15) is 50.7 Å². The van der Waals surface area contributed by atoms with E-state index in [1.807, 2.05) is 19.1 Å². The third-order valence-corrected chi connectivity index (χ3v) is 3.08. The molecule has 1 atom stereocenters. The van der Waals surface area contributed by atoms with E-state index in [1.54, 1.807) is 6.07 Å². The summed E-state index contributed by atoms with van der Waals surface area (Å²) >= 11 is 0. The lowest BCUT2D eigenvalue weighted by Crippen LogP contribution is -2.25. The van der Waals surface area contributed by atoms with E-state index in [0.717, 1.165) is 11.1 Å². The molecule has 0 saturated heterocycles. The van der Waals surface area contributed by atoms with Crippen molar-refractivity contribution in [2.45, 2.75) is 59.0 Å². The van der Waals surface area contributed by atoms with Crippen LogP contribution in [0.5, 0.6) is 0 Å². The van der Waals surface area contributed by atoms with Gasteiger partial charge >= 0.3 is 0 Å². The molecule has 0 aliphatic carbocycles. The van der Waals surface area contributed by atoms with Crippen LogP contribution in [0.3, 0.4) is 0 Å². The number of nitrogens with one attached hydrogen (secondary N) is 1. The molecule has 0 fully saturated rings. The van der Waals surface area contributed by atoms with E-state index in [4.69, 9.17) is 0 Å². The summed E-state index contributed by atoms with van der Waals surface area (Å²) < 4.78 is 13.5. The zero-order valence-electron chi connectivity index (χ0n) is 11.2. The van der Waals surface area contributed by atoms with Crippen molar-refractivity contribution < 1.29 is 4.39 Å². The van der Waals surface area contributed by atoms with Crippen LogP contribution in [0.25, 0.3) is 0 Å². The Hall–Kier alpha value is -0.890. The number of unbranched alkanes of at least 4 members (excludes halogenated alkanes) is 2. The smallest absolute Gasteiger partial charge is 0.127 e. The van der Waals surface area contributed by atoms with Crippen molar-refractivity contribution in [1.29, 1.82) is 0 Å². The molecule has 1 nitrogen and oxygen atoms in total. The van der Waals surface area contributed by atoms with E-state index in [1.165, 1.54) is 25.7 Å². The fraction of sp³-hybridized carbons (Fsp3) is 0.600. The molecule has 0 aliphatic heterocycles. The molecule has 1 unspecified atom stereocenters. The van der Waals surface area contributed by atoms with Crippen LogP contribution in [-0.4, -0.2) is 6.04 Å². The van der Waals surface area contributed by atoms with Crippen LogP contribution in [-0.2, 0) is 6.54 Å². The van der Waals surface area contributed by atoms with Gasteiger partial charge in [-0.05, 0) is 26.3 Å². The van der Waals surface area contributed by atoms with Crippen molar-refractivity contribution in [3.8, 4) is 0 Å². The molecule has 0 aromatic heterocycles. The van der Waals surface area contributed by atoms with E-state index < -0.39 is 0 Å². The van der Waals surface area contributed by atoms with Crippen molar-refractivity contribution in [3.05, 3.63) is 35.1 Å². The maximum atomic E-state index is 13.5. The van der Waals surface area contributed by atoms with Gasteiger partial charge in [-0.1, -0.05) is 43.9 Å². The Morgan fingerprint density at radius 1 is 1.29 bits per heavy atom. The first-order chi connectivity index (χ1) is 8.13. The maximum Gasteiger partial charge on any atom is 0.127 e. The molecule has 17 heavy (non-hydrogen) atoms. The number of halogens is 1. The van der Waals surface area contributed by atoms with Gasteiger partial charge in [0.1, 0.15) is 5.82 Å². The van der Waals surface area contributed by atoms with Crippen LogP contribution < -0.4 is 5.32 Å². The van der Waals surface area contributed by atoms with E-state index in [-0.39, 0.29) is 5.82 Å². The molecule has 0 saturated carbocycles. The minimum atomic E-state index is -0.108. The summed E-state index contributed by atoms with van der Waals surface area (Å²) in [6.07, 6.45) is 4.95. The van der Waals surface area contributed by atoms with Gasteiger partial charge < -0.3 is 5.32 Å². The lowest BCUT2D eigenvalue weighted by molar-refractivity contribution is 0.479. The molecule has 1 rings (SSSR count). The van der Waals surface area contributed by atoms with Crippen molar-refractivity contribution in [2.24, 2.45) is 0 Å². The third kappa shape index (κ3) is 5.31. The average molecular weight is 237 g/mol. The summed E-state index contributed by atoms with van der Waals surface area (Å²) in [5, 5.41) is 3.39. The van der Waals surface area contributed by atoms with Crippen LogP contribution in [0, 0.1) is 12.7 Å². The van der Waals surface area contributed by atoms with Gasteiger partial charge in [0.15, 0.2) is 0 Å². The summed E-state index contributed by atoms with van der Waals surface area (Å²) in [4.78, 5) is 0. The van der Waals surface area contributed by atoms with Crippen LogP contribution in [0.2, 0.25) is 0 Å². The number of hydrogen-bond acceptors (Lipinski definition) is 1. The molecular formula is C15H24FN. The Kier molecular flexibility index (Phi) is 6.20. The van der Waals surface area contributed by atoms with E-state index in [2.05, 4.69) is 19.2 Å². The SMILES string of the molecule is CCCCCC(C)NCc1cc(C)ccc1F. The highest BCUT2D eigenvalue weighted by atomic mass is 19.1. The van der Waals surface area contributed by atoms with Gasteiger partial charge in [0.2, 0.25) is 0 Å². The second kappa shape index (κ2) is 7.44. The summed E-state index contributed by atoms with van der Waals surface area (Å²) in [7, 11) is 0. The van der Waals surface area contributed by atoms with Crippen molar-refractivity contribution in [2.75, 3.05) is 0 Å². The van der Waals surface area contributed by atoms with E-state index >= 15 is 0 Å². The highest BCUT2D eigenvalue weighted by Gasteiger charge is 2.05. The summed E-state index contributed by atoms with van der Waals surface area (Å²) in [5.74, 6) is -0.108. The first-order valence-corrected chi connectivity index (χ1v) is 6.62. The summed E-state index contributed by atoms with van der Waals surface area (Å²) in [5.41, 5.74) is 1.88. The average Bonchev–Trinajstić information content (AvgIpc) is 2.31. The first-order valence-electron chi connectivity index (χ1n) is 6.62. The fourth-order valence-electron chi connectivity index (χ4n) is 1.93. The molecule has 0 radical (unpaired) electrons. The molecule has 1 aromatic carbocycles. The molecule has 0 amide bonds. The Morgan fingerprint density at radius 3 is 2.76 bits per heavy atom. The maximum absolute atomic E-state index is 13.5. The van der Waals surface area contributed by atoms with Gasteiger partial charge in [-0.25, -0.2) is 4.39 Å². The van der Waals surface area contributed by atoms with E-state index in [0.29, 0.717) is 12.6 Å². The molecule has 0 heterocycles. The molecule has 0 spiro atoms. The predicted molar refractivity (Wildman–Crippen MR) is 71.6 cm³/mol. The van der Waals surface area contributed by atoms with Crippen LogP contribution in [0.15, 0.2) is 18.2 Å². The predicted octanol–water partition coefficient (Wildman–Crippen LogP) is 4.19. The zero-order valence-corrected chi connectivity index (χ0v) is 11.2. The molecule has 1 N–H and O–H groups in total. The topological polar surface area (TPSA) is 12.0 Å². The highest BCUT2D eigenvalue weighted by Crippen LogP contribution is 2.10. The zero-order chi connectivity index (χ0) is 12.7. The van der Waals surface area contributed by atoms with Gasteiger partial charge in [-0.2, -0.15) is 0 Å². The first kappa shape index (κ1) is 14.2. The summed E-state index contributed by atoms with van der Waals surface area (Å²) in [6.45, 7) is 7.00. The monoisotopic (exact) mass is 237 g/mol. The Bertz CT molecular complexity index is 336. The lowest BCUT2D eigenvalue weighted by atomic mass is 10.1. The van der Waals surface area contributed by atoms with Crippen LogP contribution in [0.4, 0.5) is 4.39 Å². The van der Waals surface area contributed by atoms with Crippen LogP contribution >= 0.6 is 0 Å². The van der Waals surface area contributed by atoms with Crippen molar-refractivity contribution in [3.63, 3.8) is 0 Å². The van der Waals surface area contributed by atoms with Gasteiger partial charge in [-0.15, -0.1) is 0 Å². The molecule has 0 aliphatic rings. The quantitative estimate of drug-likeness (QED) is 0.701. The highest BCUT2D eigenvalue weighted by molar-refractivity contribution is 5.23. The molecule has 0 bridgehead atoms. The summed E-state index contributed by atoms with van der Waals surface area (Å²) in [6, 6.07) is 5.74. The number of hydrogen-bond donors (Lipinski definition) is 1. The van der Waals surface area contributed by atoms with Crippen molar-refractivity contribution in [1.82, 2.24) is 5.32 Å². The standard InChI is InChI=1S/C15H24FN/c1-4-5-6-7-13(3)17-11-14-10-12(2)8-9-15(14)16/h8-10,13,17H,4-7,11H2,1-3H3. The normalized spacial score (nSPS) is 12.7. The largest absolute Gasteiger partial charge is 0.310 e. The van der Waals surface area contributed by atoms with E-state index in [9.17, 15) is 4.39 Å². The van der Waals surface area contributed by atoms with Gasteiger partial charge in [-0.3, -0.25) is 0 Å². The number of aryl methyl sites for hydroxylation is 1. The molecular weight excluding hydrogens is 213 g/mol. The van der Waals surface area contributed by atoms with Gasteiger partial charge in [0, 0.05) is 18.2 Å². The minimum Gasteiger partial charge on any atom is -0.310 e. The molecule has 96 valence electrons. The third-order valence-electron chi connectivity index (χ3n) is 3.08. The Morgan fingerprint density at radius 2 is 2.06 bits per heavy atom. The minimum absolute atomic E-state index is 0.108. The van der Waals surface area contributed by atoms with Gasteiger partial charge in [0.25, 0.3) is 0 Å². The second-order valence-electron chi connectivity index (χ2n) is 4.87. The van der Waals surface area contributed by atoms with Crippen molar-refractivity contribution >= 4 is 0 Å². The Labute approximate surface area is 104 Å². The van der Waals surface area contributed by atoms with Gasteiger partial charge in [0.05, 0.1) is 0 Å². The number of benzene rings is 1. The second-order valence-corrected chi connectivity index (χ2v) is 4.87.